The fourth-order valence-corrected chi connectivity index (χ4v) is 10.8. The Labute approximate surface area is 330 Å². The molecule has 2 saturated carbocycles. The molecule has 11 nitrogen and oxygen atoms in total. The second-order valence-corrected chi connectivity index (χ2v) is 19.4. The lowest BCUT2D eigenvalue weighted by Crippen LogP contribution is -2.54. The number of hydrogen-bond acceptors (Lipinski definition) is 7. The third kappa shape index (κ3) is 6.46. The van der Waals surface area contributed by atoms with Crippen LogP contribution in [-0.4, -0.2) is 89.0 Å². The summed E-state index contributed by atoms with van der Waals surface area (Å²) in [5, 5.41) is 5.46. The zero-order valence-electron chi connectivity index (χ0n) is 33.1. The van der Waals surface area contributed by atoms with E-state index in [4.69, 9.17) is 9.84 Å². The molecule has 2 amide bonds. The number of nitrogens with zero attached hydrogens (tertiary/aromatic N) is 5. The number of benzene rings is 2. The van der Waals surface area contributed by atoms with Gasteiger partial charge in [0.2, 0.25) is 15.9 Å². The summed E-state index contributed by atoms with van der Waals surface area (Å²) >= 11 is 0. The number of nitrogens with one attached hydrogen (secondary N) is 1. The summed E-state index contributed by atoms with van der Waals surface area (Å²) in [4.78, 5) is 32.6. The van der Waals surface area contributed by atoms with Gasteiger partial charge in [0.15, 0.2) is 0 Å². The molecule has 2 unspecified atom stereocenters. The smallest absolute Gasteiger partial charge is 0.258 e. The summed E-state index contributed by atoms with van der Waals surface area (Å²) in [5.41, 5.74) is 8.99. The Kier molecular flexibility index (Phi) is 9.63. The maximum atomic E-state index is 14.9. The fourth-order valence-electron chi connectivity index (χ4n) is 10.2. The minimum atomic E-state index is -3.76. The second-order valence-electron chi connectivity index (χ2n) is 17.2. The molecule has 5 heterocycles. The van der Waals surface area contributed by atoms with Crippen LogP contribution >= 0.6 is 0 Å². The highest BCUT2D eigenvalue weighted by atomic mass is 32.2. The summed E-state index contributed by atoms with van der Waals surface area (Å²) < 4.78 is 37.8. The van der Waals surface area contributed by atoms with Crippen molar-refractivity contribution in [3.05, 3.63) is 70.5 Å². The van der Waals surface area contributed by atoms with Crippen LogP contribution in [0.1, 0.15) is 123 Å². The average Bonchev–Trinajstić information content (AvgIpc) is 3.76. The van der Waals surface area contributed by atoms with E-state index in [1.54, 1.807) is 21.0 Å². The number of piperazine rings is 1. The molecule has 4 fully saturated rings. The Morgan fingerprint density at radius 2 is 1.66 bits per heavy atom. The SMILES string of the molecule is COc1ccc2c(c1)C=C(c1c(C(=O)N3C4CCC3CN(C)C4)cnn1C1CCC1)Cn1c-2c(C2CCCCC2)c2ccc(CC(=O)NS(=O)(=O)C(C)C)cc21. The van der Waals surface area contributed by atoms with Gasteiger partial charge in [-0.05, 0) is 124 Å². The monoisotopic (exact) mass is 778 g/mol. The Morgan fingerprint density at radius 3 is 2.34 bits per heavy atom. The van der Waals surface area contributed by atoms with Gasteiger partial charge in [0.1, 0.15) is 5.75 Å². The number of methoxy groups -OCH3 is 1. The van der Waals surface area contributed by atoms with Crippen LogP contribution in [0.3, 0.4) is 0 Å². The van der Waals surface area contributed by atoms with Crippen molar-refractivity contribution in [3.8, 4) is 17.0 Å². The number of fused-ring (bicyclic) bond motifs is 7. The van der Waals surface area contributed by atoms with Gasteiger partial charge < -0.3 is 19.1 Å². The van der Waals surface area contributed by atoms with E-state index in [-0.39, 0.29) is 30.5 Å². The van der Waals surface area contributed by atoms with Gasteiger partial charge in [-0.2, -0.15) is 5.10 Å². The summed E-state index contributed by atoms with van der Waals surface area (Å²) in [6.45, 7) is 5.40. The summed E-state index contributed by atoms with van der Waals surface area (Å²) in [7, 11) is 0.0935. The highest BCUT2D eigenvalue weighted by Gasteiger charge is 2.43. The molecule has 0 radical (unpaired) electrons. The number of sulfonamides is 1. The molecule has 2 saturated heterocycles. The molecule has 0 spiro atoms. The number of rotatable bonds is 9. The van der Waals surface area contributed by atoms with Gasteiger partial charge in [0.25, 0.3) is 5.91 Å². The van der Waals surface area contributed by atoms with Gasteiger partial charge in [-0.25, -0.2) is 8.42 Å². The first-order valence-corrected chi connectivity index (χ1v) is 22.2. The van der Waals surface area contributed by atoms with Crippen LogP contribution in [0.15, 0.2) is 42.6 Å². The average molecular weight is 779 g/mol. The van der Waals surface area contributed by atoms with Gasteiger partial charge in [-0.3, -0.25) is 19.0 Å². The molecule has 4 aromatic rings. The van der Waals surface area contributed by atoms with Crippen molar-refractivity contribution in [2.75, 3.05) is 27.2 Å². The van der Waals surface area contributed by atoms with Crippen LogP contribution < -0.4 is 9.46 Å². The molecule has 2 aliphatic carbocycles. The number of likely N-dealkylation sites (N-methyl/N-ethyl adjacent to an activating group) is 1. The number of likely N-dealkylation sites (tertiary alicyclic amines) is 1. The van der Waals surface area contributed by atoms with Crippen LogP contribution in [0.25, 0.3) is 33.8 Å². The molecular formula is C44H54N6O5S. The molecule has 56 heavy (non-hydrogen) atoms. The molecule has 2 atom stereocenters. The lowest BCUT2D eigenvalue weighted by Gasteiger charge is -2.39. The van der Waals surface area contributed by atoms with Gasteiger partial charge in [-0.15, -0.1) is 0 Å². The number of ether oxygens (including phenoxy) is 1. The van der Waals surface area contributed by atoms with Crippen molar-refractivity contribution in [1.29, 1.82) is 0 Å². The number of carbonyl (C=O) groups excluding carboxylic acids is 2. The summed E-state index contributed by atoms with van der Waals surface area (Å²) in [6, 6.07) is 13.2. The Hall–Kier alpha value is -4.42. The predicted octanol–water partition coefficient (Wildman–Crippen LogP) is 7.16. The number of allylic oxidation sites excluding steroid dienone is 1. The standard InChI is InChI=1S/C44H54N6O5S/c1-27(2)56(53,54)46-40(51)20-28-13-17-37-39(19-28)48-24-31(21-30-22-35(55-4)16-18-36(30)43(48)41(37)29-9-6-5-7-10-29)42-38(23-45-50(42)32-11-8-12-32)44(52)49-33-14-15-34(49)26-47(3)25-33/h13,16-19,21-23,27,29,32-34H,5-12,14-15,20,24-26H2,1-4H3,(H,46,51). The molecule has 3 aliphatic heterocycles. The van der Waals surface area contributed by atoms with Crippen molar-refractivity contribution in [2.24, 2.45) is 0 Å². The molecule has 296 valence electrons. The van der Waals surface area contributed by atoms with Crippen molar-refractivity contribution in [1.82, 2.24) is 28.9 Å². The van der Waals surface area contributed by atoms with Crippen LogP contribution in [0.2, 0.25) is 0 Å². The third-order valence-corrected chi connectivity index (χ3v) is 15.0. The minimum Gasteiger partial charge on any atom is -0.497 e. The molecule has 2 aromatic heterocycles. The van der Waals surface area contributed by atoms with E-state index >= 15 is 0 Å². The fraction of sp³-hybridized carbons (Fsp3) is 0.523. The van der Waals surface area contributed by atoms with E-state index in [0.717, 1.165) is 103 Å². The highest BCUT2D eigenvalue weighted by Crippen LogP contribution is 2.49. The van der Waals surface area contributed by atoms with Gasteiger partial charge in [-0.1, -0.05) is 31.4 Å². The van der Waals surface area contributed by atoms with Crippen molar-refractivity contribution < 1.29 is 22.7 Å². The van der Waals surface area contributed by atoms with Crippen molar-refractivity contribution in [3.63, 3.8) is 0 Å². The Bertz CT molecular complexity index is 2330. The zero-order chi connectivity index (χ0) is 38.9. The number of aromatic nitrogens is 3. The molecular weight excluding hydrogens is 725 g/mol. The van der Waals surface area contributed by atoms with Gasteiger partial charge >= 0.3 is 0 Å². The lowest BCUT2D eigenvalue weighted by molar-refractivity contribution is -0.118. The first-order valence-electron chi connectivity index (χ1n) is 20.7. The normalized spacial score (nSPS) is 21.7. The van der Waals surface area contributed by atoms with Gasteiger partial charge in [0.05, 0.1) is 54.5 Å². The first-order chi connectivity index (χ1) is 27.0. The summed E-state index contributed by atoms with van der Waals surface area (Å²) in [5.74, 6) is 0.671. The van der Waals surface area contributed by atoms with E-state index in [9.17, 15) is 18.0 Å². The predicted molar refractivity (Wildman–Crippen MR) is 219 cm³/mol. The van der Waals surface area contributed by atoms with Crippen LogP contribution in [-0.2, 0) is 27.8 Å². The van der Waals surface area contributed by atoms with E-state index in [1.165, 1.54) is 30.5 Å². The largest absolute Gasteiger partial charge is 0.497 e. The van der Waals surface area contributed by atoms with Crippen molar-refractivity contribution >= 4 is 44.4 Å². The maximum absolute atomic E-state index is 14.9. The second kappa shape index (κ2) is 14.5. The molecule has 2 aromatic carbocycles. The van der Waals surface area contributed by atoms with E-state index in [0.29, 0.717) is 18.0 Å². The van der Waals surface area contributed by atoms with Crippen molar-refractivity contribution in [2.45, 2.75) is 120 Å². The van der Waals surface area contributed by atoms with E-state index in [2.05, 4.69) is 61.2 Å². The lowest BCUT2D eigenvalue weighted by atomic mass is 9.81. The number of carbonyl (C=O) groups is 2. The molecule has 12 heteroatoms. The summed E-state index contributed by atoms with van der Waals surface area (Å²) in [6.07, 6.45) is 15.1. The molecule has 9 rings (SSSR count). The molecule has 2 bridgehead atoms. The molecule has 5 aliphatic rings. The number of hydrogen-bond donors (Lipinski definition) is 1. The van der Waals surface area contributed by atoms with Crippen LogP contribution in [0.4, 0.5) is 0 Å². The van der Waals surface area contributed by atoms with E-state index in [1.807, 2.05) is 18.3 Å². The number of amides is 2. The molecule has 1 N–H and O–H groups in total. The topological polar surface area (TPSA) is 119 Å². The minimum absolute atomic E-state index is 0.0574. The zero-order valence-corrected chi connectivity index (χ0v) is 33.9. The highest BCUT2D eigenvalue weighted by molar-refractivity contribution is 7.90. The Morgan fingerprint density at radius 1 is 0.911 bits per heavy atom. The first kappa shape index (κ1) is 37.2. The van der Waals surface area contributed by atoms with Gasteiger partial charge in [0, 0.05) is 41.6 Å². The maximum Gasteiger partial charge on any atom is 0.258 e. The Balaban J connectivity index is 1.22. The third-order valence-electron chi connectivity index (χ3n) is 13.2. The van der Waals surface area contributed by atoms with E-state index < -0.39 is 21.2 Å². The quantitative estimate of drug-likeness (QED) is 0.192. The van der Waals surface area contributed by atoms with Crippen LogP contribution in [0.5, 0.6) is 5.75 Å². The van der Waals surface area contributed by atoms with Crippen LogP contribution in [0, 0.1) is 0 Å².